The number of hydrogen-bond acceptors (Lipinski definition) is 6. The Kier molecular flexibility index (Phi) is 5.82. The second-order valence-electron chi connectivity index (χ2n) is 7.88. The third-order valence-electron chi connectivity index (χ3n) is 5.59. The molecule has 0 saturated heterocycles. The number of nitrogen functional groups attached to an aromatic ring is 1. The Labute approximate surface area is 202 Å². The number of hydrogen-bond donors (Lipinski definition) is 2. The lowest BCUT2D eigenvalue weighted by Crippen LogP contribution is -2.01. The monoisotopic (exact) mass is 480 g/mol. The van der Waals surface area contributed by atoms with Crippen LogP contribution in [0.5, 0.6) is 0 Å². The average molecular weight is 481 g/mol. The maximum absolute atomic E-state index is 11.9. The lowest BCUT2D eigenvalue weighted by molar-refractivity contribution is 0.484. The number of aromatic nitrogens is 1. The summed E-state index contributed by atoms with van der Waals surface area (Å²) in [5.41, 5.74) is 11.0. The van der Waals surface area contributed by atoms with Gasteiger partial charge in [-0.1, -0.05) is 72.8 Å². The number of nitrogens with zero attached hydrogens (tertiary/aromatic N) is 3. The van der Waals surface area contributed by atoms with Gasteiger partial charge in [0.25, 0.3) is 10.1 Å². The molecule has 0 amide bonds. The van der Waals surface area contributed by atoms with E-state index >= 15 is 0 Å². The van der Waals surface area contributed by atoms with E-state index in [4.69, 9.17) is 5.73 Å². The molecule has 0 unspecified atom stereocenters. The molecule has 0 spiro atoms. The molecule has 0 atom stereocenters. The molecule has 5 aromatic rings. The Morgan fingerprint density at radius 3 is 2.11 bits per heavy atom. The normalized spacial score (nSPS) is 11.8. The van der Waals surface area contributed by atoms with Crippen LogP contribution < -0.4 is 5.73 Å². The number of benzene rings is 4. The van der Waals surface area contributed by atoms with Crippen molar-refractivity contribution in [2.75, 3.05) is 5.73 Å². The highest BCUT2D eigenvalue weighted by atomic mass is 32.2. The Morgan fingerprint density at radius 1 is 0.714 bits per heavy atom. The summed E-state index contributed by atoms with van der Waals surface area (Å²) in [5, 5.41) is 9.09. The van der Waals surface area contributed by atoms with Crippen LogP contribution in [-0.2, 0) is 10.1 Å². The number of fused-ring (bicyclic) bond motifs is 1. The van der Waals surface area contributed by atoms with Crippen molar-refractivity contribution in [2.45, 2.75) is 4.90 Å². The summed E-state index contributed by atoms with van der Waals surface area (Å²) in [4.78, 5) is 4.23. The van der Waals surface area contributed by atoms with Gasteiger partial charge < -0.3 is 5.73 Å². The zero-order chi connectivity index (χ0) is 24.4. The Balaban J connectivity index is 1.45. The molecular formula is C27H20N4O3S. The highest BCUT2D eigenvalue weighted by molar-refractivity contribution is 7.86. The predicted octanol–water partition coefficient (Wildman–Crippen LogP) is 6.81. The summed E-state index contributed by atoms with van der Waals surface area (Å²) in [7, 11) is -4.48. The third kappa shape index (κ3) is 4.65. The quantitative estimate of drug-likeness (QED) is 0.163. The molecule has 1 aromatic heterocycles. The van der Waals surface area contributed by atoms with Crippen LogP contribution in [0, 0.1) is 0 Å². The first-order valence-corrected chi connectivity index (χ1v) is 12.2. The molecule has 0 fully saturated rings. The topological polar surface area (TPSA) is 118 Å². The number of pyridine rings is 1. The first-order chi connectivity index (χ1) is 16.9. The van der Waals surface area contributed by atoms with Crippen molar-refractivity contribution >= 4 is 38.0 Å². The van der Waals surface area contributed by atoms with Crippen molar-refractivity contribution < 1.29 is 13.0 Å². The molecule has 172 valence electrons. The number of azo groups is 1. The fraction of sp³-hybridized carbons (Fsp3) is 0. The van der Waals surface area contributed by atoms with Crippen LogP contribution in [-0.4, -0.2) is 18.0 Å². The zero-order valence-corrected chi connectivity index (χ0v) is 19.2. The van der Waals surface area contributed by atoms with E-state index in [-0.39, 0.29) is 16.3 Å². The molecule has 0 aliphatic heterocycles. The van der Waals surface area contributed by atoms with E-state index in [0.29, 0.717) is 16.5 Å². The van der Waals surface area contributed by atoms with E-state index in [2.05, 4.69) is 39.5 Å². The molecule has 4 aromatic carbocycles. The van der Waals surface area contributed by atoms with Crippen LogP contribution in [0.2, 0.25) is 0 Å². The predicted molar refractivity (Wildman–Crippen MR) is 137 cm³/mol. The average Bonchev–Trinajstić information content (AvgIpc) is 2.89. The van der Waals surface area contributed by atoms with Crippen molar-refractivity contribution in [3.05, 3.63) is 103 Å². The molecular weight excluding hydrogens is 460 g/mol. The maximum atomic E-state index is 11.9. The Hall–Kier alpha value is -4.40. The van der Waals surface area contributed by atoms with Crippen LogP contribution in [0.1, 0.15) is 0 Å². The summed E-state index contributed by atoms with van der Waals surface area (Å²) in [6.07, 6.45) is 1.58. The molecule has 0 aliphatic carbocycles. The van der Waals surface area contributed by atoms with Crippen molar-refractivity contribution in [2.24, 2.45) is 10.2 Å². The molecule has 3 N–H and O–H groups in total. The minimum Gasteiger partial charge on any atom is -0.396 e. The van der Waals surface area contributed by atoms with Gasteiger partial charge in [-0.2, -0.15) is 8.42 Å². The molecule has 5 rings (SSSR count). The van der Waals surface area contributed by atoms with Gasteiger partial charge in [0.2, 0.25) is 0 Å². The van der Waals surface area contributed by atoms with Gasteiger partial charge in [-0.15, -0.1) is 10.2 Å². The summed E-state index contributed by atoms with van der Waals surface area (Å²) in [6, 6.07) is 29.7. The largest absolute Gasteiger partial charge is 0.396 e. The van der Waals surface area contributed by atoms with Crippen molar-refractivity contribution in [1.82, 2.24) is 4.98 Å². The summed E-state index contributed by atoms with van der Waals surface area (Å²) in [5.74, 6) is 0. The van der Waals surface area contributed by atoms with Gasteiger partial charge in [0, 0.05) is 16.3 Å². The molecule has 0 saturated carbocycles. The van der Waals surface area contributed by atoms with Gasteiger partial charge in [0.1, 0.15) is 16.3 Å². The van der Waals surface area contributed by atoms with Crippen molar-refractivity contribution in [3.63, 3.8) is 0 Å². The summed E-state index contributed by atoms with van der Waals surface area (Å²) < 4.78 is 33.5. The van der Waals surface area contributed by atoms with E-state index in [0.717, 1.165) is 22.4 Å². The lowest BCUT2D eigenvalue weighted by Gasteiger charge is -2.09. The lowest BCUT2D eigenvalue weighted by atomic mass is 10.0. The molecule has 0 radical (unpaired) electrons. The fourth-order valence-corrected chi connectivity index (χ4v) is 4.58. The van der Waals surface area contributed by atoms with Crippen LogP contribution in [0.15, 0.2) is 118 Å². The molecule has 1 heterocycles. The second kappa shape index (κ2) is 9.09. The maximum Gasteiger partial charge on any atom is 0.295 e. The van der Waals surface area contributed by atoms with E-state index < -0.39 is 10.1 Å². The number of rotatable bonds is 5. The Bertz CT molecular complexity index is 1670. The van der Waals surface area contributed by atoms with Crippen LogP contribution >= 0.6 is 0 Å². The molecule has 35 heavy (non-hydrogen) atoms. The van der Waals surface area contributed by atoms with Gasteiger partial charge in [0.05, 0.1) is 17.6 Å². The summed E-state index contributed by atoms with van der Waals surface area (Å²) in [6.45, 7) is 0. The zero-order valence-electron chi connectivity index (χ0n) is 18.4. The first-order valence-electron chi connectivity index (χ1n) is 10.7. The van der Waals surface area contributed by atoms with E-state index in [1.165, 1.54) is 6.07 Å². The fourth-order valence-electron chi connectivity index (χ4n) is 3.86. The summed E-state index contributed by atoms with van der Waals surface area (Å²) >= 11 is 0. The number of nitrogens with two attached hydrogens (primary N) is 1. The van der Waals surface area contributed by atoms with Crippen LogP contribution in [0.25, 0.3) is 33.2 Å². The molecule has 0 bridgehead atoms. The van der Waals surface area contributed by atoms with Crippen LogP contribution in [0.3, 0.4) is 0 Å². The van der Waals surface area contributed by atoms with Gasteiger partial charge >= 0.3 is 0 Å². The van der Waals surface area contributed by atoms with Gasteiger partial charge in [0.15, 0.2) is 0 Å². The molecule has 7 nitrogen and oxygen atoms in total. The SMILES string of the molecule is Nc1c(N=Nc2ccc(-c3cccc(-c4ccccc4)c3)nc2)cc(S(=O)(=O)O)c2ccccc12. The third-order valence-corrected chi connectivity index (χ3v) is 6.48. The Morgan fingerprint density at radius 2 is 1.40 bits per heavy atom. The first kappa shape index (κ1) is 22.4. The highest BCUT2D eigenvalue weighted by Crippen LogP contribution is 2.36. The number of anilines is 1. The molecule has 0 aliphatic rings. The van der Waals surface area contributed by atoms with Gasteiger partial charge in [-0.05, 0) is 35.4 Å². The standard InChI is InChI=1S/C27H20N4O3S/c28-27-23-12-5-4-11-22(23)26(35(32,33)34)16-25(27)31-30-21-13-14-24(29-17-21)20-10-6-9-19(15-20)18-7-2-1-3-8-18/h1-17H,28H2,(H,32,33,34). The minimum atomic E-state index is -4.48. The van der Waals surface area contributed by atoms with Gasteiger partial charge in [-0.25, -0.2) is 0 Å². The minimum absolute atomic E-state index is 0.135. The van der Waals surface area contributed by atoms with Crippen molar-refractivity contribution in [3.8, 4) is 22.4 Å². The molecule has 8 heteroatoms. The van der Waals surface area contributed by atoms with E-state index in [1.54, 1.807) is 36.5 Å². The van der Waals surface area contributed by atoms with E-state index in [9.17, 15) is 13.0 Å². The van der Waals surface area contributed by atoms with Crippen LogP contribution in [0.4, 0.5) is 17.1 Å². The van der Waals surface area contributed by atoms with Crippen molar-refractivity contribution in [1.29, 1.82) is 0 Å². The smallest absolute Gasteiger partial charge is 0.295 e. The van der Waals surface area contributed by atoms with Gasteiger partial charge in [-0.3, -0.25) is 9.54 Å². The van der Waals surface area contributed by atoms with E-state index in [1.807, 2.05) is 36.4 Å². The highest BCUT2D eigenvalue weighted by Gasteiger charge is 2.18. The second-order valence-corrected chi connectivity index (χ2v) is 9.27.